The molecule has 4 rings (SSSR count). The first-order valence-corrected chi connectivity index (χ1v) is 13.2. The maximum atomic E-state index is 13.3. The maximum absolute atomic E-state index is 13.3. The number of carbonyl (C=O) groups is 2. The number of nitrogens with one attached hydrogen (secondary N) is 1. The number of esters is 1. The highest BCUT2D eigenvalue weighted by Crippen LogP contribution is 2.38. The molecule has 0 spiro atoms. The Morgan fingerprint density at radius 3 is 2.11 bits per heavy atom. The number of benzene rings is 3. The number of carbonyl (C=O) groups excluding carboxylic acids is 2. The van der Waals surface area contributed by atoms with E-state index in [0.29, 0.717) is 17.7 Å². The van der Waals surface area contributed by atoms with Gasteiger partial charge in [-0.1, -0.05) is 85.8 Å². The number of rotatable bonds is 7. The lowest BCUT2D eigenvalue weighted by atomic mass is 9.86. The summed E-state index contributed by atoms with van der Waals surface area (Å²) in [5.74, 6) is -1.74. The molecule has 1 aliphatic rings. The Labute approximate surface area is 220 Å². The SMILES string of the molecule is Cc1ccc(S(=O)(=O)O)c(NC(=O)OC(=O)C(O)(c2ccccc2)c2ccccc2)c1C(C)C1C=CCO1. The van der Waals surface area contributed by atoms with E-state index in [9.17, 15) is 27.7 Å². The van der Waals surface area contributed by atoms with Crippen LogP contribution in [0.5, 0.6) is 0 Å². The van der Waals surface area contributed by atoms with E-state index in [1.807, 2.05) is 12.2 Å². The minimum Gasteiger partial charge on any atom is -0.373 e. The Balaban J connectivity index is 1.71. The molecule has 3 aromatic carbocycles. The van der Waals surface area contributed by atoms with Gasteiger partial charge in [-0.05, 0) is 35.2 Å². The highest BCUT2D eigenvalue weighted by Gasteiger charge is 2.43. The number of anilines is 1. The first kappa shape index (κ1) is 27.2. The summed E-state index contributed by atoms with van der Waals surface area (Å²) in [4.78, 5) is 25.8. The number of aliphatic hydroxyl groups is 1. The summed E-state index contributed by atoms with van der Waals surface area (Å²) in [7, 11) is -4.78. The van der Waals surface area contributed by atoms with E-state index >= 15 is 0 Å². The van der Waals surface area contributed by atoms with Gasteiger partial charge in [-0.15, -0.1) is 0 Å². The third-order valence-electron chi connectivity index (χ3n) is 6.45. The van der Waals surface area contributed by atoms with Gasteiger partial charge in [0.15, 0.2) is 0 Å². The van der Waals surface area contributed by atoms with Crippen LogP contribution in [0.2, 0.25) is 0 Å². The fraction of sp³-hybridized carbons (Fsp3) is 0.214. The molecule has 0 radical (unpaired) electrons. The molecule has 1 amide bonds. The second-order valence-electron chi connectivity index (χ2n) is 8.90. The van der Waals surface area contributed by atoms with Gasteiger partial charge >= 0.3 is 12.1 Å². The standard InChI is InChI=1S/C28H27NO8S/c1-18-15-16-23(38(33,34)35)25(24(18)19(2)22-14-9-17-36-22)29-27(31)37-26(30)28(32,20-10-5-3-6-11-20)21-12-7-4-8-13-21/h3-16,19,22,32H,17H2,1-2H3,(H,29,31)(H,33,34,35). The Hall–Kier alpha value is -3.83. The van der Waals surface area contributed by atoms with E-state index in [2.05, 4.69) is 5.32 Å². The molecule has 1 aliphatic heterocycles. The smallest absolute Gasteiger partial charge is 0.373 e. The van der Waals surface area contributed by atoms with Crippen LogP contribution in [0.4, 0.5) is 10.5 Å². The van der Waals surface area contributed by atoms with Crippen LogP contribution in [0.1, 0.15) is 35.1 Å². The zero-order valence-electron chi connectivity index (χ0n) is 20.7. The topological polar surface area (TPSA) is 139 Å². The second kappa shape index (κ2) is 10.9. The van der Waals surface area contributed by atoms with Crippen molar-refractivity contribution < 1.29 is 37.1 Å². The molecule has 1 heterocycles. The van der Waals surface area contributed by atoms with Crippen molar-refractivity contribution in [1.82, 2.24) is 0 Å². The van der Waals surface area contributed by atoms with Crippen molar-refractivity contribution >= 4 is 27.9 Å². The minimum absolute atomic E-state index is 0.165. The number of amides is 1. The first-order valence-electron chi connectivity index (χ1n) is 11.8. The molecule has 0 aliphatic carbocycles. The molecule has 0 bridgehead atoms. The molecule has 3 N–H and O–H groups in total. The summed E-state index contributed by atoms with van der Waals surface area (Å²) in [5.41, 5.74) is -1.26. The van der Waals surface area contributed by atoms with E-state index in [1.165, 1.54) is 30.3 Å². The largest absolute Gasteiger partial charge is 0.419 e. The highest BCUT2D eigenvalue weighted by atomic mass is 32.2. The molecular formula is C28H27NO8S. The molecular weight excluding hydrogens is 510 g/mol. The predicted octanol–water partition coefficient (Wildman–Crippen LogP) is 4.31. The summed E-state index contributed by atoms with van der Waals surface area (Å²) in [6.07, 6.45) is 1.88. The van der Waals surface area contributed by atoms with Gasteiger partial charge in [0, 0.05) is 5.92 Å². The van der Waals surface area contributed by atoms with Crippen LogP contribution in [0.3, 0.4) is 0 Å². The summed E-state index contributed by atoms with van der Waals surface area (Å²) >= 11 is 0. The fourth-order valence-electron chi connectivity index (χ4n) is 4.57. The first-order chi connectivity index (χ1) is 18.0. The summed E-state index contributed by atoms with van der Waals surface area (Å²) in [5, 5.41) is 13.9. The third kappa shape index (κ3) is 5.39. The average molecular weight is 538 g/mol. The van der Waals surface area contributed by atoms with Gasteiger partial charge in [0.25, 0.3) is 10.1 Å². The molecule has 10 heteroatoms. The Bertz CT molecular complexity index is 1430. The van der Waals surface area contributed by atoms with Crippen molar-refractivity contribution in [3.05, 3.63) is 107 Å². The van der Waals surface area contributed by atoms with Gasteiger partial charge in [0.05, 0.1) is 18.4 Å². The average Bonchev–Trinajstić information content (AvgIpc) is 3.43. The van der Waals surface area contributed by atoms with Gasteiger partial charge in [0.2, 0.25) is 5.60 Å². The maximum Gasteiger partial charge on any atom is 0.419 e. The van der Waals surface area contributed by atoms with Crippen molar-refractivity contribution in [2.75, 3.05) is 11.9 Å². The molecule has 38 heavy (non-hydrogen) atoms. The zero-order valence-corrected chi connectivity index (χ0v) is 21.5. The van der Waals surface area contributed by atoms with Crippen LogP contribution in [0.15, 0.2) is 89.8 Å². The van der Waals surface area contributed by atoms with Crippen LogP contribution < -0.4 is 5.32 Å². The van der Waals surface area contributed by atoms with Gasteiger partial charge in [-0.3, -0.25) is 9.87 Å². The van der Waals surface area contributed by atoms with E-state index < -0.39 is 44.7 Å². The molecule has 0 saturated carbocycles. The van der Waals surface area contributed by atoms with Crippen LogP contribution in [0, 0.1) is 6.92 Å². The van der Waals surface area contributed by atoms with Crippen molar-refractivity contribution in [2.24, 2.45) is 0 Å². The lowest BCUT2D eigenvalue weighted by Crippen LogP contribution is -2.40. The molecule has 2 atom stereocenters. The van der Waals surface area contributed by atoms with Crippen LogP contribution in [-0.2, 0) is 30.0 Å². The number of hydrogen-bond acceptors (Lipinski definition) is 7. The molecule has 198 valence electrons. The number of hydrogen-bond donors (Lipinski definition) is 3. The van der Waals surface area contributed by atoms with Gasteiger partial charge in [-0.2, -0.15) is 8.42 Å². The van der Waals surface area contributed by atoms with Gasteiger partial charge < -0.3 is 14.6 Å². The summed E-state index contributed by atoms with van der Waals surface area (Å²) in [6.45, 7) is 3.87. The quantitative estimate of drug-likeness (QED) is 0.175. The lowest BCUT2D eigenvalue weighted by Gasteiger charge is -2.27. The van der Waals surface area contributed by atoms with Crippen molar-refractivity contribution in [2.45, 2.75) is 36.4 Å². The molecule has 9 nitrogen and oxygen atoms in total. The summed E-state index contributed by atoms with van der Waals surface area (Å²) < 4.78 is 45.0. The Morgan fingerprint density at radius 2 is 1.61 bits per heavy atom. The van der Waals surface area contributed by atoms with E-state index in [4.69, 9.17) is 9.47 Å². The number of aryl methyl sites for hydroxylation is 1. The predicted molar refractivity (Wildman–Crippen MR) is 139 cm³/mol. The highest BCUT2D eigenvalue weighted by molar-refractivity contribution is 7.86. The molecule has 2 unspecified atom stereocenters. The van der Waals surface area contributed by atoms with Crippen LogP contribution >= 0.6 is 0 Å². The molecule has 0 saturated heterocycles. The van der Waals surface area contributed by atoms with E-state index in [1.54, 1.807) is 50.2 Å². The number of ether oxygens (including phenoxy) is 2. The Morgan fingerprint density at radius 1 is 1.03 bits per heavy atom. The molecule has 3 aromatic rings. The van der Waals surface area contributed by atoms with Crippen molar-refractivity contribution in [1.29, 1.82) is 0 Å². The fourth-order valence-corrected chi connectivity index (χ4v) is 5.23. The summed E-state index contributed by atoms with van der Waals surface area (Å²) in [6, 6.07) is 18.6. The molecule has 0 aromatic heterocycles. The Kier molecular flexibility index (Phi) is 7.79. The molecule has 0 fully saturated rings. The van der Waals surface area contributed by atoms with Crippen LogP contribution in [0.25, 0.3) is 0 Å². The zero-order chi connectivity index (χ0) is 27.5. The lowest BCUT2D eigenvalue weighted by molar-refractivity contribution is -0.154. The van der Waals surface area contributed by atoms with Crippen molar-refractivity contribution in [3.8, 4) is 0 Å². The van der Waals surface area contributed by atoms with Gasteiger partial charge in [0.1, 0.15) is 4.90 Å². The second-order valence-corrected chi connectivity index (χ2v) is 10.3. The van der Waals surface area contributed by atoms with E-state index in [0.717, 1.165) is 6.07 Å². The normalized spacial score (nSPS) is 16.2. The van der Waals surface area contributed by atoms with E-state index in [-0.39, 0.29) is 16.8 Å². The van der Waals surface area contributed by atoms with Crippen molar-refractivity contribution in [3.63, 3.8) is 0 Å². The van der Waals surface area contributed by atoms with Crippen LogP contribution in [-0.4, -0.2) is 42.9 Å². The minimum atomic E-state index is -4.78. The van der Waals surface area contributed by atoms with Gasteiger partial charge in [-0.25, -0.2) is 9.59 Å². The third-order valence-corrected chi connectivity index (χ3v) is 7.35. The monoisotopic (exact) mass is 537 g/mol.